The Morgan fingerprint density at radius 2 is 2.21 bits per heavy atom. The number of carboxylic acid groups (broad SMARTS) is 1. The first-order valence-corrected chi connectivity index (χ1v) is 6.40. The van der Waals surface area contributed by atoms with Gasteiger partial charge in [-0.2, -0.15) is 0 Å². The Kier molecular flexibility index (Phi) is 6.75. The van der Waals surface area contributed by atoms with Gasteiger partial charge in [0, 0.05) is 26.7 Å². The quantitative estimate of drug-likeness (QED) is 0.527. The number of carbonyl (C=O) groups is 2. The van der Waals surface area contributed by atoms with Crippen LogP contribution in [0.1, 0.15) is 13.3 Å². The molecule has 0 aliphatic carbocycles. The molecular weight excluding hydrogens is 252 g/mol. The summed E-state index contributed by atoms with van der Waals surface area (Å²) in [5.41, 5.74) is 0. The molecule has 0 bridgehead atoms. The minimum atomic E-state index is -0.835. The first-order valence-electron chi connectivity index (χ1n) is 6.40. The molecule has 1 saturated heterocycles. The number of carboxylic acids is 1. The van der Waals surface area contributed by atoms with Crippen LogP contribution in [0.3, 0.4) is 0 Å². The Bertz CT molecular complexity index is 310. The summed E-state index contributed by atoms with van der Waals surface area (Å²) in [7, 11) is 1.56. The van der Waals surface area contributed by atoms with Crippen LogP contribution in [0, 0.1) is 5.92 Å². The summed E-state index contributed by atoms with van der Waals surface area (Å²) in [6.45, 7) is 3.56. The number of hydrogen-bond donors (Lipinski definition) is 3. The summed E-state index contributed by atoms with van der Waals surface area (Å²) >= 11 is 0. The molecule has 110 valence electrons. The van der Waals surface area contributed by atoms with Gasteiger partial charge in [0.05, 0.1) is 18.6 Å². The van der Waals surface area contributed by atoms with Crippen LogP contribution in [0.2, 0.25) is 0 Å². The standard InChI is InChI=1S/C12H22N2O5/c1-8(11(15)14-3-4-18-2)19-10-5-9(12(16)17)6-13-7-10/h8-10,13H,3-7H2,1-2H3,(H,14,15)(H,16,17). The second-order valence-corrected chi connectivity index (χ2v) is 4.61. The number of rotatable bonds is 7. The lowest BCUT2D eigenvalue weighted by Crippen LogP contribution is -2.47. The van der Waals surface area contributed by atoms with E-state index < -0.39 is 18.0 Å². The molecule has 1 aliphatic heterocycles. The van der Waals surface area contributed by atoms with E-state index in [1.165, 1.54) is 0 Å². The predicted octanol–water partition coefficient (Wildman–Crippen LogP) is -0.783. The van der Waals surface area contributed by atoms with Gasteiger partial charge in [-0.05, 0) is 13.3 Å². The van der Waals surface area contributed by atoms with E-state index in [4.69, 9.17) is 14.6 Å². The summed E-state index contributed by atoms with van der Waals surface area (Å²) in [4.78, 5) is 22.6. The van der Waals surface area contributed by atoms with Gasteiger partial charge in [-0.15, -0.1) is 0 Å². The SMILES string of the molecule is COCCNC(=O)C(C)OC1CNCC(C(=O)O)C1. The molecule has 7 heteroatoms. The van der Waals surface area contributed by atoms with Gasteiger partial charge >= 0.3 is 5.97 Å². The van der Waals surface area contributed by atoms with Crippen molar-refractivity contribution >= 4 is 11.9 Å². The Morgan fingerprint density at radius 1 is 1.47 bits per heavy atom. The lowest BCUT2D eigenvalue weighted by atomic mass is 9.97. The fourth-order valence-corrected chi connectivity index (χ4v) is 1.96. The van der Waals surface area contributed by atoms with Gasteiger partial charge in [0.25, 0.3) is 0 Å². The van der Waals surface area contributed by atoms with Gasteiger partial charge in [-0.3, -0.25) is 9.59 Å². The van der Waals surface area contributed by atoms with Gasteiger partial charge in [-0.25, -0.2) is 0 Å². The lowest BCUT2D eigenvalue weighted by Gasteiger charge is -2.29. The van der Waals surface area contributed by atoms with Crippen molar-refractivity contribution in [2.75, 3.05) is 33.4 Å². The number of methoxy groups -OCH3 is 1. The van der Waals surface area contributed by atoms with Crippen molar-refractivity contribution in [3.05, 3.63) is 0 Å². The zero-order valence-corrected chi connectivity index (χ0v) is 11.3. The number of aliphatic carboxylic acids is 1. The topological polar surface area (TPSA) is 96.9 Å². The number of carbonyl (C=O) groups excluding carboxylic acids is 1. The maximum Gasteiger partial charge on any atom is 0.307 e. The van der Waals surface area contributed by atoms with Crippen LogP contribution in [0.25, 0.3) is 0 Å². The average Bonchev–Trinajstić information content (AvgIpc) is 2.39. The maximum absolute atomic E-state index is 11.7. The third kappa shape index (κ3) is 5.54. The number of ether oxygens (including phenoxy) is 2. The molecule has 0 radical (unpaired) electrons. The zero-order chi connectivity index (χ0) is 14.3. The van der Waals surface area contributed by atoms with Crippen molar-refractivity contribution < 1.29 is 24.2 Å². The van der Waals surface area contributed by atoms with Crippen LogP contribution in [0.15, 0.2) is 0 Å². The van der Waals surface area contributed by atoms with E-state index in [0.29, 0.717) is 32.7 Å². The largest absolute Gasteiger partial charge is 0.481 e. The molecule has 0 aromatic carbocycles. The molecule has 7 nitrogen and oxygen atoms in total. The van der Waals surface area contributed by atoms with Gasteiger partial charge in [0.2, 0.25) is 5.91 Å². The van der Waals surface area contributed by atoms with Crippen LogP contribution in [-0.4, -0.2) is 62.5 Å². The van der Waals surface area contributed by atoms with Crippen molar-refractivity contribution in [1.82, 2.24) is 10.6 Å². The van der Waals surface area contributed by atoms with Crippen molar-refractivity contribution in [2.24, 2.45) is 5.92 Å². The number of piperidine rings is 1. The van der Waals surface area contributed by atoms with Gasteiger partial charge < -0.3 is 25.2 Å². The third-order valence-corrected chi connectivity index (χ3v) is 3.03. The monoisotopic (exact) mass is 274 g/mol. The zero-order valence-electron chi connectivity index (χ0n) is 11.3. The van der Waals surface area contributed by atoms with E-state index >= 15 is 0 Å². The normalized spacial score (nSPS) is 24.7. The Labute approximate surface area is 112 Å². The fourth-order valence-electron chi connectivity index (χ4n) is 1.96. The molecule has 19 heavy (non-hydrogen) atoms. The second kappa shape index (κ2) is 8.08. The molecular formula is C12H22N2O5. The van der Waals surface area contributed by atoms with E-state index in [1.807, 2.05) is 0 Å². The van der Waals surface area contributed by atoms with Gasteiger partial charge in [0.1, 0.15) is 6.10 Å². The van der Waals surface area contributed by atoms with Crippen LogP contribution in [0.5, 0.6) is 0 Å². The van der Waals surface area contributed by atoms with Gasteiger partial charge in [0.15, 0.2) is 0 Å². The molecule has 0 aromatic rings. The molecule has 1 heterocycles. The molecule has 3 N–H and O–H groups in total. The highest BCUT2D eigenvalue weighted by Crippen LogP contribution is 2.15. The van der Waals surface area contributed by atoms with Crippen LogP contribution in [0.4, 0.5) is 0 Å². The number of amides is 1. The highest BCUT2D eigenvalue weighted by Gasteiger charge is 2.29. The third-order valence-electron chi connectivity index (χ3n) is 3.03. The minimum Gasteiger partial charge on any atom is -0.481 e. The highest BCUT2D eigenvalue weighted by atomic mass is 16.5. The smallest absolute Gasteiger partial charge is 0.307 e. The second-order valence-electron chi connectivity index (χ2n) is 4.61. The lowest BCUT2D eigenvalue weighted by molar-refractivity contribution is -0.146. The molecule has 3 unspecified atom stereocenters. The van der Waals surface area contributed by atoms with E-state index in [1.54, 1.807) is 14.0 Å². The average molecular weight is 274 g/mol. The summed E-state index contributed by atoms with van der Waals surface area (Å²) < 4.78 is 10.4. The molecule has 1 fully saturated rings. The van der Waals surface area contributed by atoms with Crippen molar-refractivity contribution in [3.8, 4) is 0 Å². The number of hydrogen-bond acceptors (Lipinski definition) is 5. The van der Waals surface area contributed by atoms with E-state index in [-0.39, 0.29) is 12.0 Å². The van der Waals surface area contributed by atoms with E-state index in [0.717, 1.165) is 0 Å². The first-order chi connectivity index (χ1) is 9.04. The van der Waals surface area contributed by atoms with Gasteiger partial charge in [-0.1, -0.05) is 0 Å². The molecule has 1 aliphatic rings. The Balaban J connectivity index is 2.32. The van der Waals surface area contributed by atoms with Crippen molar-refractivity contribution in [2.45, 2.75) is 25.6 Å². The van der Waals surface area contributed by atoms with Crippen LogP contribution < -0.4 is 10.6 Å². The maximum atomic E-state index is 11.7. The van der Waals surface area contributed by atoms with Crippen molar-refractivity contribution in [1.29, 1.82) is 0 Å². The molecule has 1 amide bonds. The Morgan fingerprint density at radius 3 is 2.84 bits per heavy atom. The fraction of sp³-hybridized carbons (Fsp3) is 0.833. The summed E-state index contributed by atoms with van der Waals surface area (Å²) in [6, 6.07) is 0. The van der Waals surface area contributed by atoms with E-state index in [2.05, 4.69) is 10.6 Å². The number of nitrogens with one attached hydrogen (secondary N) is 2. The van der Waals surface area contributed by atoms with Crippen molar-refractivity contribution in [3.63, 3.8) is 0 Å². The predicted molar refractivity (Wildman–Crippen MR) is 67.8 cm³/mol. The Hall–Kier alpha value is -1.18. The van der Waals surface area contributed by atoms with Crippen LogP contribution in [-0.2, 0) is 19.1 Å². The molecule has 0 saturated carbocycles. The van der Waals surface area contributed by atoms with Crippen LogP contribution >= 0.6 is 0 Å². The summed E-state index contributed by atoms with van der Waals surface area (Å²) in [5, 5.41) is 14.6. The molecule has 3 atom stereocenters. The molecule has 0 spiro atoms. The molecule has 1 rings (SSSR count). The minimum absolute atomic E-state index is 0.213. The molecule has 0 aromatic heterocycles. The highest BCUT2D eigenvalue weighted by molar-refractivity contribution is 5.80. The van der Waals surface area contributed by atoms with E-state index in [9.17, 15) is 9.59 Å². The summed E-state index contributed by atoms with van der Waals surface area (Å²) in [5.74, 6) is -1.50. The first kappa shape index (κ1) is 15.9. The summed E-state index contributed by atoms with van der Waals surface area (Å²) in [6.07, 6.45) is -0.424.